The Hall–Kier alpha value is -4.59. The number of benzene rings is 2. The van der Waals surface area contributed by atoms with Gasteiger partial charge in [-0.1, -0.05) is 18.2 Å². The van der Waals surface area contributed by atoms with Gasteiger partial charge in [-0.25, -0.2) is 14.8 Å². The standard InChI is InChI=1S/C26H26N6O5/c1-2-35-26(34)32-11-9-31(10-12-32)24-23(29-19-5-3-4-6-20(19)30-24)18(14-27)25(33)28-15-17-7-8-21-22(13-17)37-16-36-21/h3-8,13,18H,2,9-12,15-16H2,1H3,(H,28,33)/t18-/m1/s1. The van der Waals surface area contributed by atoms with Gasteiger partial charge in [0.1, 0.15) is 5.69 Å². The predicted molar refractivity (Wildman–Crippen MR) is 133 cm³/mol. The highest BCUT2D eigenvalue weighted by Gasteiger charge is 2.31. The van der Waals surface area contributed by atoms with Gasteiger partial charge in [-0.2, -0.15) is 5.26 Å². The molecular formula is C26H26N6O5. The first-order valence-corrected chi connectivity index (χ1v) is 12.1. The van der Waals surface area contributed by atoms with Crippen molar-refractivity contribution in [2.24, 2.45) is 0 Å². The Kier molecular flexibility index (Phi) is 6.89. The number of rotatable bonds is 6. The molecular weight excluding hydrogens is 476 g/mol. The summed E-state index contributed by atoms with van der Waals surface area (Å²) in [5.74, 6) is 0.0877. The van der Waals surface area contributed by atoms with Crippen LogP contribution in [0.1, 0.15) is 24.1 Å². The molecule has 2 amide bonds. The van der Waals surface area contributed by atoms with Crippen LogP contribution in [-0.4, -0.2) is 66.4 Å². The van der Waals surface area contributed by atoms with Crippen LogP contribution >= 0.6 is 0 Å². The first-order chi connectivity index (χ1) is 18.1. The molecule has 0 unspecified atom stereocenters. The number of aromatic nitrogens is 2. The number of hydrogen-bond donors (Lipinski definition) is 1. The van der Waals surface area contributed by atoms with Gasteiger partial charge in [-0.05, 0) is 36.8 Å². The van der Waals surface area contributed by atoms with Gasteiger partial charge >= 0.3 is 6.09 Å². The summed E-state index contributed by atoms with van der Waals surface area (Å²) < 4.78 is 15.8. The van der Waals surface area contributed by atoms with Crippen LogP contribution in [0.2, 0.25) is 0 Å². The quantitative estimate of drug-likeness (QED) is 0.540. The maximum atomic E-state index is 13.2. The molecule has 1 N–H and O–H groups in total. The number of amides is 2. The van der Waals surface area contributed by atoms with Crippen molar-refractivity contribution in [1.29, 1.82) is 5.26 Å². The van der Waals surface area contributed by atoms with Gasteiger partial charge in [0, 0.05) is 32.7 Å². The van der Waals surface area contributed by atoms with Gasteiger partial charge in [0.2, 0.25) is 12.7 Å². The molecule has 2 aliphatic rings. The number of nitrogens with one attached hydrogen (secondary N) is 1. The Morgan fingerprint density at radius 3 is 2.54 bits per heavy atom. The third-order valence-corrected chi connectivity index (χ3v) is 6.25. The number of para-hydroxylation sites is 2. The summed E-state index contributed by atoms with van der Waals surface area (Å²) >= 11 is 0. The summed E-state index contributed by atoms with van der Waals surface area (Å²) in [5, 5.41) is 12.9. The zero-order valence-corrected chi connectivity index (χ0v) is 20.3. The smallest absolute Gasteiger partial charge is 0.409 e. The second kappa shape index (κ2) is 10.6. The Labute approximate surface area is 213 Å². The summed E-state index contributed by atoms with van der Waals surface area (Å²) in [6.45, 7) is 4.25. The number of piperazine rings is 1. The summed E-state index contributed by atoms with van der Waals surface area (Å²) in [7, 11) is 0. The van der Waals surface area contributed by atoms with E-state index in [0.717, 1.165) is 5.56 Å². The molecule has 37 heavy (non-hydrogen) atoms. The van der Waals surface area contributed by atoms with E-state index in [0.29, 0.717) is 61.1 Å². The zero-order valence-electron chi connectivity index (χ0n) is 20.3. The van der Waals surface area contributed by atoms with Crippen LogP contribution < -0.4 is 19.7 Å². The minimum atomic E-state index is -1.18. The van der Waals surface area contributed by atoms with E-state index in [9.17, 15) is 14.9 Å². The average molecular weight is 503 g/mol. The van der Waals surface area contributed by atoms with Crippen molar-refractivity contribution >= 4 is 28.9 Å². The van der Waals surface area contributed by atoms with Crippen LogP contribution in [0.15, 0.2) is 42.5 Å². The highest BCUT2D eigenvalue weighted by atomic mass is 16.7. The van der Waals surface area contributed by atoms with Gasteiger partial charge in [0.25, 0.3) is 0 Å². The topological polar surface area (TPSA) is 130 Å². The Morgan fingerprint density at radius 2 is 1.81 bits per heavy atom. The third-order valence-electron chi connectivity index (χ3n) is 6.25. The highest BCUT2D eigenvalue weighted by molar-refractivity contribution is 5.89. The van der Waals surface area contributed by atoms with Crippen molar-refractivity contribution in [2.45, 2.75) is 19.4 Å². The Balaban J connectivity index is 1.38. The summed E-state index contributed by atoms with van der Waals surface area (Å²) in [6, 6.07) is 14.9. The van der Waals surface area contributed by atoms with E-state index in [1.54, 1.807) is 30.0 Å². The molecule has 3 aromatic rings. The molecule has 0 saturated carbocycles. The molecule has 0 radical (unpaired) electrons. The van der Waals surface area contributed by atoms with Crippen LogP contribution in [0.3, 0.4) is 0 Å². The highest BCUT2D eigenvalue weighted by Crippen LogP contribution is 2.33. The van der Waals surface area contributed by atoms with E-state index in [2.05, 4.69) is 11.4 Å². The fraction of sp³-hybridized carbons (Fsp3) is 0.346. The van der Waals surface area contributed by atoms with E-state index < -0.39 is 11.8 Å². The molecule has 190 valence electrons. The van der Waals surface area contributed by atoms with E-state index in [-0.39, 0.29) is 25.1 Å². The first kappa shape index (κ1) is 24.1. The molecule has 1 fully saturated rings. The normalized spacial score (nSPS) is 15.2. The number of carbonyl (C=O) groups is 2. The maximum absolute atomic E-state index is 13.2. The van der Waals surface area contributed by atoms with Gasteiger partial charge < -0.3 is 29.3 Å². The second-order valence-electron chi connectivity index (χ2n) is 8.56. The molecule has 0 aliphatic carbocycles. The van der Waals surface area contributed by atoms with Crippen LogP contribution in [-0.2, 0) is 16.1 Å². The predicted octanol–water partition coefficient (Wildman–Crippen LogP) is 2.56. The number of hydrogen-bond acceptors (Lipinski definition) is 9. The molecule has 1 aromatic heterocycles. The molecule has 5 rings (SSSR count). The second-order valence-corrected chi connectivity index (χ2v) is 8.56. The number of nitriles is 1. The number of anilines is 1. The minimum Gasteiger partial charge on any atom is -0.454 e. The lowest BCUT2D eigenvalue weighted by Gasteiger charge is -2.35. The molecule has 1 atom stereocenters. The van der Waals surface area contributed by atoms with Gasteiger partial charge in [-0.3, -0.25) is 4.79 Å². The van der Waals surface area contributed by atoms with Crippen LogP contribution in [0.5, 0.6) is 11.5 Å². The summed E-state index contributed by atoms with van der Waals surface area (Å²) in [6.07, 6.45) is -0.357. The van der Waals surface area contributed by atoms with Crippen molar-refractivity contribution < 1.29 is 23.8 Å². The van der Waals surface area contributed by atoms with E-state index in [1.807, 2.05) is 29.2 Å². The van der Waals surface area contributed by atoms with E-state index in [4.69, 9.17) is 24.2 Å². The average Bonchev–Trinajstić information content (AvgIpc) is 3.40. The molecule has 1 saturated heterocycles. The molecule has 3 heterocycles. The third kappa shape index (κ3) is 5.04. The fourth-order valence-corrected chi connectivity index (χ4v) is 4.33. The van der Waals surface area contributed by atoms with Crippen LogP contribution in [0, 0.1) is 11.3 Å². The SMILES string of the molecule is CCOC(=O)N1CCN(c2nc3ccccc3nc2[C@@H](C#N)C(=O)NCc2ccc3c(c2)OCO3)CC1. The molecule has 2 aliphatic heterocycles. The van der Waals surface area contributed by atoms with Gasteiger partial charge in [0.05, 0.1) is 23.7 Å². The zero-order chi connectivity index (χ0) is 25.8. The van der Waals surface area contributed by atoms with E-state index >= 15 is 0 Å². The van der Waals surface area contributed by atoms with Crippen molar-refractivity contribution in [1.82, 2.24) is 20.2 Å². The lowest BCUT2D eigenvalue weighted by molar-refractivity contribution is -0.121. The fourth-order valence-electron chi connectivity index (χ4n) is 4.33. The lowest BCUT2D eigenvalue weighted by atomic mass is 10.0. The number of ether oxygens (including phenoxy) is 3. The molecule has 2 aromatic carbocycles. The number of carbonyl (C=O) groups excluding carboxylic acids is 2. The van der Waals surface area contributed by atoms with Crippen molar-refractivity contribution in [2.75, 3.05) is 44.5 Å². The van der Waals surface area contributed by atoms with Crippen molar-refractivity contribution in [3.63, 3.8) is 0 Å². The van der Waals surface area contributed by atoms with Gasteiger partial charge in [-0.15, -0.1) is 0 Å². The first-order valence-electron chi connectivity index (χ1n) is 12.1. The molecule has 0 spiro atoms. The van der Waals surface area contributed by atoms with Crippen molar-refractivity contribution in [3.8, 4) is 17.6 Å². The molecule has 0 bridgehead atoms. The minimum absolute atomic E-state index is 0.166. The molecule has 11 heteroatoms. The largest absolute Gasteiger partial charge is 0.454 e. The van der Waals surface area contributed by atoms with E-state index in [1.165, 1.54) is 0 Å². The van der Waals surface area contributed by atoms with Gasteiger partial charge in [0.15, 0.2) is 23.2 Å². The Bertz CT molecular complexity index is 1370. The summed E-state index contributed by atoms with van der Waals surface area (Å²) in [4.78, 5) is 38.4. The number of nitrogens with zero attached hydrogens (tertiary/aromatic N) is 5. The maximum Gasteiger partial charge on any atom is 0.409 e. The van der Waals surface area contributed by atoms with Crippen molar-refractivity contribution in [3.05, 3.63) is 53.7 Å². The number of fused-ring (bicyclic) bond motifs is 2. The van der Waals surface area contributed by atoms with Crippen LogP contribution in [0.25, 0.3) is 11.0 Å². The lowest BCUT2D eigenvalue weighted by Crippen LogP contribution is -2.49. The Morgan fingerprint density at radius 1 is 1.08 bits per heavy atom. The summed E-state index contributed by atoms with van der Waals surface area (Å²) in [5.41, 5.74) is 2.35. The van der Waals surface area contributed by atoms with Crippen LogP contribution in [0.4, 0.5) is 10.6 Å². The monoisotopic (exact) mass is 502 g/mol. The molecule has 11 nitrogen and oxygen atoms in total.